The van der Waals surface area contributed by atoms with E-state index in [1.165, 1.54) is 0 Å². The Bertz CT molecular complexity index is 704. The third-order valence-corrected chi connectivity index (χ3v) is 3.31. The molecule has 5 nitrogen and oxygen atoms in total. The lowest BCUT2D eigenvalue weighted by molar-refractivity contribution is -0.154. The van der Waals surface area contributed by atoms with E-state index in [0.717, 1.165) is 0 Å². The number of nitrogens with zero attached hydrogens (tertiary/aromatic N) is 1. The van der Waals surface area contributed by atoms with Gasteiger partial charge in [-0.05, 0) is 57.2 Å². The molecule has 1 aromatic heterocycles. The van der Waals surface area contributed by atoms with Gasteiger partial charge in [0.1, 0.15) is 21.7 Å². The average molecular weight is 370 g/mol. The maximum atomic E-state index is 11.7. The zero-order chi connectivity index (χ0) is 17.7. The molecule has 0 unspecified atom stereocenters. The molecule has 24 heavy (non-hydrogen) atoms. The van der Waals surface area contributed by atoms with Gasteiger partial charge in [-0.3, -0.25) is 0 Å². The van der Waals surface area contributed by atoms with Crippen LogP contribution < -0.4 is 9.47 Å². The van der Waals surface area contributed by atoms with E-state index in [9.17, 15) is 4.79 Å². The molecule has 0 aliphatic heterocycles. The molecule has 0 spiro atoms. The standard InChI is InChI=1S/C17H17Cl2NO4/c1-10(2)22-17(21)11(3)23-12-4-6-13(7-5-12)24-16-14(18)8-9-15(19)20-16/h4-11H,1-3H3/t11-/m1/s1. The Morgan fingerprint density at radius 1 is 1.00 bits per heavy atom. The Kier molecular flexibility index (Phi) is 6.29. The second kappa shape index (κ2) is 8.22. The van der Waals surface area contributed by atoms with Gasteiger partial charge in [0.25, 0.3) is 0 Å². The van der Waals surface area contributed by atoms with Crippen LogP contribution in [0.25, 0.3) is 0 Å². The summed E-state index contributed by atoms with van der Waals surface area (Å²) < 4.78 is 16.2. The molecule has 0 saturated heterocycles. The van der Waals surface area contributed by atoms with E-state index < -0.39 is 12.1 Å². The molecular formula is C17H17Cl2NO4. The van der Waals surface area contributed by atoms with Gasteiger partial charge in [0.15, 0.2) is 6.10 Å². The van der Waals surface area contributed by atoms with E-state index in [1.807, 2.05) is 0 Å². The third-order valence-electron chi connectivity index (χ3n) is 2.81. The minimum atomic E-state index is -0.705. The molecule has 0 bridgehead atoms. The Labute approximate surface area is 150 Å². The van der Waals surface area contributed by atoms with Crippen molar-refractivity contribution in [2.24, 2.45) is 0 Å². The van der Waals surface area contributed by atoms with E-state index in [2.05, 4.69) is 4.98 Å². The molecular weight excluding hydrogens is 353 g/mol. The maximum absolute atomic E-state index is 11.7. The van der Waals surface area contributed by atoms with Crippen molar-refractivity contribution < 1.29 is 19.0 Å². The number of hydrogen-bond donors (Lipinski definition) is 0. The SMILES string of the molecule is CC(C)OC(=O)[C@@H](C)Oc1ccc(Oc2nc(Cl)ccc2Cl)cc1. The summed E-state index contributed by atoms with van der Waals surface area (Å²) in [5, 5.41) is 0.636. The Morgan fingerprint density at radius 2 is 1.62 bits per heavy atom. The Balaban J connectivity index is 2.00. The number of carbonyl (C=O) groups is 1. The fourth-order valence-corrected chi connectivity index (χ4v) is 2.03. The van der Waals surface area contributed by atoms with Gasteiger partial charge in [-0.2, -0.15) is 4.98 Å². The van der Waals surface area contributed by atoms with Crippen LogP contribution in [0.15, 0.2) is 36.4 Å². The molecule has 1 atom stereocenters. The van der Waals surface area contributed by atoms with Crippen LogP contribution in [0.2, 0.25) is 10.2 Å². The van der Waals surface area contributed by atoms with Gasteiger partial charge in [-0.25, -0.2) is 4.79 Å². The van der Waals surface area contributed by atoms with Crippen molar-refractivity contribution in [2.45, 2.75) is 33.0 Å². The van der Waals surface area contributed by atoms with Crippen molar-refractivity contribution >= 4 is 29.2 Å². The van der Waals surface area contributed by atoms with Gasteiger partial charge in [0.2, 0.25) is 5.88 Å². The van der Waals surface area contributed by atoms with E-state index in [1.54, 1.807) is 57.2 Å². The first-order chi connectivity index (χ1) is 11.3. The number of benzene rings is 1. The van der Waals surface area contributed by atoms with Crippen molar-refractivity contribution in [1.82, 2.24) is 4.98 Å². The van der Waals surface area contributed by atoms with Crippen molar-refractivity contribution in [3.8, 4) is 17.4 Å². The number of rotatable bonds is 6. The van der Waals surface area contributed by atoms with Gasteiger partial charge in [-0.1, -0.05) is 23.2 Å². The van der Waals surface area contributed by atoms with Crippen molar-refractivity contribution in [1.29, 1.82) is 0 Å². The number of halogens is 2. The average Bonchev–Trinajstić information content (AvgIpc) is 2.52. The summed E-state index contributed by atoms with van der Waals surface area (Å²) in [6, 6.07) is 9.88. The highest BCUT2D eigenvalue weighted by molar-refractivity contribution is 6.33. The lowest BCUT2D eigenvalue weighted by Gasteiger charge is -2.16. The molecule has 0 saturated carbocycles. The van der Waals surface area contributed by atoms with Crippen LogP contribution in [0.5, 0.6) is 17.4 Å². The fraction of sp³-hybridized carbons (Fsp3) is 0.294. The van der Waals surface area contributed by atoms with Crippen LogP contribution in [0, 0.1) is 0 Å². The van der Waals surface area contributed by atoms with Crippen LogP contribution in [0.3, 0.4) is 0 Å². The summed E-state index contributed by atoms with van der Waals surface area (Å²) in [7, 11) is 0. The summed E-state index contributed by atoms with van der Waals surface area (Å²) >= 11 is 11.8. The number of aromatic nitrogens is 1. The van der Waals surface area contributed by atoms with E-state index in [-0.39, 0.29) is 17.1 Å². The normalized spacial score (nSPS) is 11.9. The van der Waals surface area contributed by atoms with Crippen LogP contribution in [0.4, 0.5) is 0 Å². The molecule has 0 aliphatic rings. The van der Waals surface area contributed by atoms with Crippen molar-refractivity contribution in [3.05, 3.63) is 46.6 Å². The van der Waals surface area contributed by atoms with Gasteiger partial charge < -0.3 is 14.2 Å². The van der Waals surface area contributed by atoms with Crippen LogP contribution in [0.1, 0.15) is 20.8 Å². The summed E-state index contributed by atoms with van der Waals surface area (Å²) in [5.41, 5.74) is 0. The lowest BCUT2D eigenvalue weighted by atomic mass is 10.3. The molecule has 0 aliphatic carbocycles. The highest BCUT2D eigenvalue weighted by atomic mass is 35.5. The zero-order valence-corrected chi connectivity index (χ0v) is 15.0. The van der Waals surface area contributed by atoms with Crippen molar-refractivity contribution in [3.63, 3.8) is 0 Å². The molecule has 2 rings (SSSR count). The first kappa shape index (κ1) is 18.4. The van der Waals surface area contributed by atoms with E-state index in [0.29, 0.717) is 16.5 Å². The predicted molar refractivity (Wildman–Crippen MR) is 92.1 cm³/mol. The minimum absolute atomic E-state index is 0.186. The summed E-state index contributed by atoms with van der Waals surface area (Å²) in [6.07, 6.45) is -0.891. The van der Waals surface area contributed by atoms with Crippen LogP contribution in [-0.4, -0.2) is 23.2 Å². The molecule has 0 fully saturated rings. The van der Waals surface area contributed by atoms with Crippen LogP contribution >= 0.6 is 23.2 Å². The van der Waals surface area contributed by atoms with Crippen LogP contribution in [-0.2, 0) is 9.53 Å². The molecule has 0 N–H and O–H groups in total. The Morgan fingerprint density at radius 3 is 2.25 bits per heavy atom. The number of ether oxygens (including phenoxy) is 3. The van der Waals surface area contributed by atoms with Gasteiger partial charge in [0.05, 0.1) is 6.10 Å². The molecule has 1 aromatic carbocycles. The maximum Gasteiger partial charge on any atom is 0.347 e. The predicted octanol–water partition coefficient (Wildman–Crippen LogP) is 4.90. The minimum Gasteiger partial charge on any atom is -0.479 e. The first-order valence-electron chi connectivity index (χ1n) is 7.32. The van der Waals surface area contributed by atoms with Gasteiger partial charge in [0, 0.05) is 0 Å². The van der Waals surface area contributed by atoms with Gasteiger partial charge >= 0.3 is 5.97 Å². The lowest BCUT2D eigenvalue weighted by Crippen LogP contribution is -2.28. The fourth-order valence-electron chi connectivity index (χ4n) is 1.75. The molecule has 2 aromatic rings. The quantitative estimate of drug-likeness (QED) is 0.535. The molecule has 0 amide bonds. The Hall–Kier alpha value is -1.98. The third kappa shape index (κ3) is 5.28. The summed E-state index contributed by atoms with van der Waals surface area (Å²) in [6.45, 7) is 5.20. The molecule has 7 heteroatoms. The molecule has 0 radical (unpaired) electrons. The number of pyridine rings is 1. The van der Waals surface area contributed by atoms with Crippen molar-refractivity contribution in [2.75, 3.05) is 0 Å². The molecule has 128 valence electrons. The number of carbonyl (C=O) groups excluding carboxylic acids is 1. The largest absolute Gasteiger partial charge is 0.479 e. The number of hydrogen-bond acceptors (Lipinski definition) is 5. The second-order valence-electron chi connectivity index (χ2n) is 5.24. The second-order valence-corrected chi connectivity index (χ2v) is 6.03. The monoisotopic (exact) mass is 369 g/mol. The smallest absolute Gasteiger partial charge is 0.347 e. The topological polar surface area (TPSA) is 57.7 Å². The highest BCUT2D eigenvalue weighted by Crippen LogP contribution is 2.29. The zero-order valence-electron chi connectivity index (χ0n) is 13.5. The summed E-state index contributed by atoms with van der Waals surface area (Å²) in [4.78, 5) is 15.7. The summed E-state index contributed by atoms with van der Waals surface area (Å²) in [5.74, 6) is 0.823. The molecule has 1 heterocycles. The van der Waals surface area contributed by atoms with E-state index in [4.69, 9.17) is 37.4 Å². The first-order valence-corrected chi connectivity index (χ1v) is 8.08. The van der Waals surface area contributed by atoms with E-state index >= 15 is 0 Å². The highest BCUT2D eigenvalue weighted by Gasteiger charge is 2.17. The van der Waals surface area contributed by atoms with Gasteiger partial charge in [-0.15, -0.1) is 0 Å². The number of esters is 1.